The molecule has 3 aromatic rings. The van der Waals surface area contributed by atoms with Crippen molar-refractivity contribution in [2.45, 2.75) is 26.4 Å². The molecular weight excluding hydrogens is 304 g/mol. The number of carbonyl (C=O) groups is 1. The first-order valence-corrected chi connectivity index (χ1v) is 7.82. The van der Waals surface area contributed by atoms with E-state index in [9.17, 15) is 4.79 Å². The lowest BCUT2D eigenvalue weighted by molar-refractivity contribution is 0.0367. The number of benzene rings is 1. The molecule has 0 radical (unpaired) electrons. The molecule has 1 atom stereocenters. The second-order valence-corrected chi connectivity index (χ2v) is 5.36. The lowest BCUT2D eigenvalue weighted by Gasteiger charge is -2.18. The summed E-state index contributed by atoms with van der Waals surface area (Å²) in [5.41, 5.74) is 2.53. The lowest BCUT2D eigenvalue weighted by atomic mass is 10.1. The quantitative estimate of drug-likeness (QED) is 0.667. The minimum Gasteiger partial charge on any atom is -0.447 e. The molecule has 0 bridgehead atoms. The molecule has 24 heavy (non-hydrogen) atoms. The molecule has 122 valence electrons. The van der Waals surface area contributed by atoms with Crippen LogP contribution in [-0.2, 0) is 11.2 Å². The van der Waals surface area contributed by atoms with Gasteiger partial charge in [-0.15, -0.1) is 0 Å². The fourth-order valence-corrected chi connectivity index (χ4v) is 2.54. The SMILES string of the molecule is CCc1noc(C)c1C(=O)OC(c1ccccc1)c1ccccn1. The van der Waals surface area contributed by atoms with Gasteiger partial charge in [-0.05, 0) is 31.0 Å². The molecule has 5 heteroatoms. The van der Waals surface area contributed by atoms with Gasteiger partial charge in [-0.1, -0.05) is 48.5 Å². The van der Waals surface area contributed by atoms with Crippen LogP contribution in [0.4, 0.5) is 0 Å². The Morgan fingerprint density at radius 2 is 1.92 bits per heavy atom. The van der Waals surface area contributed by atoms with E-state index in [0.717, 1.165) is 5.56 Å². The van der Waals surface area contributed by atoms with Gasteiger partial charge in [0.25, 0.3) is 0 Å². The number of rotatable bonds is 5. The molecule has 0 spiro atoms. The number of carbonyl (C=O) groups excluding carboxylic acids is 1. The third-order valence-electron chi connectivity index (χ3n) is 3.76. The van der Waals surface area contributed by atoms with Crippen molar-refractivity contribution in [3.63, 3.8) is 0 Å². The van der Waals surface area contributed by atoms with Crippen molar-refractivity contribution in [2.75, 3.05) is 0 Å². The highest BCUT2D eigenvalue weighted by molar-refractivity contribution is 5.91. The molecule has 0 fully saturated rings. The number of esters is 1. The number of hydrogen-bond acceptors (Lipinski definition) is 5. The molecule has 5 nitrogen and oxygen atoms in total. The van der Waals surface area contributed by atoms with E-state index in [-0.39, 0.29) is 0 Å². The summed E-state index contributed by atoms with van der Waals surface area (Å²) in [7, 11) is 0. The van der Waals surface area contributed by atoms with E-state index in [1.807, 2.05) is 55.5 Å². The highest BCUT2D eigenvalue weighted by Gasteiger charge is 2.26. The summed E-state index contributed by atoms with van der Waals surface area (Å²) < 4.78 is 10.9. The molecule has 3 rings (SSSR count). The summed E-state index contributed by atoms with van der Waals surface area (Å²) >= 11 is 0. The van der Waals surface area contributed by atoms with Gasteiger partial charge < -0.3 is 9.26 Å². The molecule has 1 aromatic carbocycles. The van der Waals surface area contributed by atoms with Gasteiger partial charge in [0.15, 0.2) is 6.10 Å². The number of pyridine rings is 1. The first-order valence-electron chi connectivity index (χ1n) is 7.82. The smallest absolute Gasteiger partial charge is 0.344 e. The van der Waals surface area contributed by atoms with Crippen molar-refractivity contribution in [1.82, 2.24) is 10.1 Å². The molecule has 0 aliphatic rings. The summed E-state index contributed by atoms with van der Waals surface area (Å²) in [6.45, 7) is 3.63. The van der Waals surface area contributed by atoms with Crippen LogP contribution in [0.1, 0.15) is 46.1 Å². The largest absolute Gasteiger partial charge is 0.447 e. The highest BCUT2D eigenvalue weighted by Crippen LogP contribution is 2.27. The van der Waals surface area contributed by atoms with E-state index >= 15 is 0 Å². The van der Waals surface area contributed by atoms with Crippen LogP contribution < -0.4 is 0 Å². The molecule has 0 saturated heterocycles. The van der Waals surface area contributed by atoms with Gasteiger partial charge in [0, 0.05) is 6.20 Å². The average molecular weight is 322 g/mol. The summed E-state index contributed by atoms with van der Waals surface area (Å²) in [5.74, 6) is 0.00906. The van der Waals surface area contributed by atoms with Crippen LogP contribution in [0.5, 0.6) is 0 Å². The zero-order valence-corrected chi connectivity index (χ0v) is 13.6. The minimum absolute atomic E-state index is 0.398. The van der Waals surface area contributed by atoms with E-state index in [2.05, 4.69) is 10.1 Å². The van der Waals surface area contributed by atoms with E-state index in [0.29, 0.717) is 29.1 Å². The number of hydrogen-bond donors (Lipinski definition) is 0. The van der Waals surface area contributed by atoms with Crippen LogP contribution in [0, 0.1) is 6.92 Å². The van der Waals surface area contributed by atoms with Crippen molar-refractivity contribution >= 4 is 5.97 Å². The first-order chi connectivity index (χ1) is 11.7. The first kappa shape index (κ1) is 15.9. The predicted molar refractivity (Wildman–Crippen MR) is 88.6 cm³/mol. The van der Waals surface area contributed by atoms with Gasteiger partial charge >= 0.3 is 5.97 Å². The van der Waals surface area contributed by atoms with Crippen LogP contribution in [-0.4, -0.2) is 16.1 Å². The lowest BCUT2D eigenvalue weighted by Crippen LogP contribution is -2.15. The van der Waals surface area contributed by atoms with Gasteiger partial charge in [-0.25, -0.2) is 4.79 Å². The molecular formula is C19H18N2O3. The second-order valence-electron chi connectivity index (χ2n) is 5.36. The van der Waals surface area contributed by atoms with E-state index in [1.165, 1.54) is 0 Å². The summed E-state index contributed by atoms with van der Waals surface area (Å²) in [6, 6.07) is 15.1. The summed E-state index contributed by atoms with van der Waals surface area (Å²) in [6.07, 6.45) is 1.70. The van der Waals surface area contributed by atoms with Gasteiger partial charge in [-0.2, -0.15) is 0 Å². The van der Waals surface area contributed by atoms with Gasteiger partial charge in [0.1, 0.15) is 11.3 Å². The summed E-state index contributed by atoms with van der Waals surface area (Å²) in [5, 5.41) is 3.92. The maximum absolute atomic E-state index is 12.7. The van der Waals surface area contributed by atoms with Gasteiger partial charge in [-0.3, -0.25) is 4.98 Å². The molecule has 0 amide bonds. The number of aryl methyl sites for hydroxylation is 2. The van der Waals surface area contributed by atoms with Crippen molar-refractivity contribution in [3.8, 4) is 0 Å². The summed E-state index contributed by atoms with van der Waals surface area (Å²) in [4.78, 5) is 17.1. The van der Waals surface area contributed by atoms with Crippen molar-refractivity contribution < 1.29 is 14.1 Å². The molecule has 0 aliphatic heterocycles. The Balaban J connectivity index is 1.95. The van der Waals surface area contributed by atoms with Crippen LogP contribution >= 0.6 is 0 Å². The standard InChI is InChI=1S/C19H18N2O3/c1-3-15-17(13(2)24-21-15)19(22)23-18(14-9-5-4-6-10-14)16-11-7-8-12-20-16/h4-12,18H,3H2,1-2H3. The van der Waals surface area contributed by atoms with Crippen LogP contribution in [0.2, 0.25) is 0 Å². The number of ether oxygens (including phenoxy) is 1. The minimum atomic E-state index is -0.584. The van der Waals surface area contributed by atoms with Crippen LogP contribution in [0.25, 0.3) is 0 Å². The van der Waals surface area contributed by atoms with Crippen molar-refractivity contribution in [2.24, 2.45) is 0 Å². The third kappa shape index (κ3) is 3.20. The van der Waals surface area contributed by atoms with Crippen molar-refractivity contribution in [3.05, 3.63) is 83.0 Å². The van der Waals surface area contributed by atoms with Gasteiger partial charge in [0.05, 0.1) is 11.4 Å². The maximum atomic E-state index is 12.7. The zero-order chi connectivity index (χ0) is 16.9. The molecule has 0 saturated carbocycles. The van der Waals surface area contributed by atoms with Gasteiger partial charge in [0.2, 0.25) is 0 Å². The topological polar surface area (TPSA) is 65.2 Å². The molecule has 2 aromatic heterocycles. The van der Waals surface area contributed by atoms with Crippen LogP contribution in [0.15, 0.2) is 59.3 Å². The van der Waals surface area contributed by atoms with E-state index in [4.69, 9.17) is 9.26 Å². The normalized spacial score (nSPS) is 11.9. The third-order valence-corrected chi connectivity index (χ3v) is 3.76. The Hall–Kier alpha value is -2.95. The Labute approximate surface area is 140 Å². The molecule has 0 N–H and O–H groups in total. The van der Waals surface area contributed by atoms with E-state index < -0.39 is 12.1 Å². The molecule has 0 aliphatic carbocycles. The van der Waals surface area contributed by atoms with Crippen LogP contribution in [0.3, 0.4) is 0 Å². The Morgan fingerprint density at radius 1 is 1.17 bits per heavy atom. The fraction of sp³-hybridized carbons (Fsp3) is 0.211. The Bertz CT molecular complexity index is 774. The highest BCUT2D eigenvalue weighted by atomic mass is 16.5. The predicted octanol–water partition coefficient (Wildman–Crippen LogP) is 3.89. The number of aromatic nitrogens is 2. The number of nitrogens with zero attached hydrogens (tertiary/aromatic N) is 2. The zero-order valence-electron chi connectivity index (χ0n) is 13.6. The van der Waals surface area contributed by atoms with Crippen molar-refractivity contribution in [1.29, 1.82) is 0 Å². The Morgan fingerprint density at radius 3 is 2.58 bits per heavy atom. The average Bonchev–Trinajstić information content (AvgIpc) is 3.02. The maximum Gasteiger partial charge on any atom is 0.344 e. The fourth-order valence-electron chi connectivity index (χ4n) is 2.54. The monoisotopic (exact) mass is 322 g/mol. The second kappa shape index (κ2) is 7.08. The van der Waals surface area contributed by atoms with E-state index in [1.54, 1.807) is 13.1 Å². The Kier molecular flexibility index (Phi) is 4.70. The molecule has 2 heterocycles. The molecule has 1 unspecified atom stereocenters.